The Kier molecular flexibility index (Phi) is 6.68. The number of hydrogen-bond donors (Lipinski definition) is 1. The van der Waals surface area contributed by atoms with E-state index in [1.807, 2.05) is 25.1 Å². The minimum atomic E-state index is -3.69. The normalized spacial score (nSPS) is 17.6. The van der Waals surface area contributed by atoms with Crippen LogP contribution in [0.15, 0.2) is 41.3 Å². The zero-order chi connectivity index (χ0) is 22.7. The monoisotopic (exact) mass is 460 g/mol. The van der Waals surface area contributed by atoms with E-state index in [4.69, 9.17) is 14.2 Å². The Hall–Kier alpha value is -2.62. The van der Waals surface area contributed by atoms with Crippen LogP contribution in [0.3, 0.4) is 0 Å². The molecular formula is C23H28N2O6S. The number of morpholine rings is 1. The first-order valence-electron chi connectivity index (χ1n) is 10.8. The van der Waals surface area contributed by atoms with E-state index in [9.17, 15) is 13.2 Å². The highest BCUT2D eigenvalue weighted by Gasteiger charge is 2.28. The van der Waals surface area contributed by atoms with E-state index >= 15 is 0 Å². The molecule has 1 amide bonds. The topological polar surface area (TPSA) is 94.2 Å². The van der Waals surface area contributed by atoms with Crippen LogP contribution in [0.5, 0.6) is 11.5 Å². The smallest absolute Gasteiger partial charge is 0.252 e. The number of benzene rings is 2. The lowest BCUT2D eigenvalue weighted by Gasteiger charge is -2.26. The van der Waals surface area contributed by atoms with Gasteiger partial charge in [0, 0.05) is 18.7 Å². The SMILES string of the molecule is CCC(NC(=O)c1cc(S(=O)(=O)N2CCOCC2)ccc1C)c1ccc2c(c1)OCCO2. The van der Waals surface area contributed by atoms with Crippen LogP contribution in [0, 0.1) is 6.92 Å². The van der Waals surface area contributed by atoms with Gasteiger partial charge < -0.3 is 19.5 Å². The summed E-state index contributed by atoms with van der Waals surface area (Å²) in [5, 5.41) is 3.04. The molecule has 0 bridgehead atoms. The van der Waals surface area contributed by atoms with Gasteiger partial charge in [0.25, 0.3) is 5.91 Å². The van der Waals surface area contributed by atoms with Crippen molar-refractivity contribution < 1.29 is 27.4 Å². The molecule has 4 rings (SSSR count). The summed E-state index contributed by atoms with van der Waals surface area (Å²) in [4.78, 5) is 13.3. The number of amides is 1. The predicted octanol–water partition coefficient (Wildman–Crippen LogP) is 2.67. The second-order valence-electron chi connectivity index (χ2n) is 7.83. The van der Waals surface area contributed by atoms with Crippen molar-refractivity contribution in [2.75, 3.05) is 39.5 Å². The average Bonchev–Trinajstić information content (AvgIpc) is 2.82. The Labute approximate surface area is 188 Å². The van der Waals surface area contributed by atoms with Crippen LogP contribution < -0.4 is 14.8 Å². The Morgan fingerprint density at radius 3 is 2.47 bits per heavy atom. The van der Waals surface area contributed by atoms with Crippen molar-refractivity contribution in [3.8, 4) is 11.5 Å². The van der Waals surface area contributed by atoms with Gasteiger partial charge in [-0.25, -0.2) is 8.42 Å². The molecule has 2 heterocycles. The predicted molar refractivity (Wildman–Crippen MR) is 119 cm³/mol. The van der Waals surface area contributed by atoms with Gasteiger partial charge in [-0.15, -0.1) is 0 Å². The number of aryl methyl sites for hydroxylation is 1. The van der Waals surface area contributed by atoms with E-state index in [1.165, 1.54) is 10.4 Å². The fourth-order valence-electron chi connectivity index (χ4n) is 3.88. The molecule has 32 heavy (non-hydrogen) atoms. The number of carbonyl (C=O) groups is 1. The molecule has 1 saturated heterocycles. The lowest BCUT2D eigenvalue weighted by atomic mass is 10.0. The molecule has 1 fully saturated rings. The van der Waals surface area contributed by atoms with Crippen molar-refractivity contribution in [1.82, 2.24) is 9.62 Å². The highest BCUT2D eigenvalue weighted by Crippen LogP contribution is 2.33. The molecule has 172 valence electrons. The number of hydrogen-bond acceptors (Lipinski definition) is 6. The minimum absolute atomic E-state index is 0.113. The largest absolute Gasteiger partial charge is 0.486 e. The standard InChI is InChI=1S/C23H28N2O6S/c1-3-20(17-5-7-21-22(14-17)31-13-12-30-21)24-23(26)19-15-18(6-4-16(19)2)32(27,28)25-8-10-29-11-9-25/h4-7,14-15,20H,3,8-13H2,1-2H3,(H,24,26). The second-order valence-corrected chi connectivity index (χ2v) is 9.77. The van der Waals surface area contributed by atoms with Gasteiger partial charge in [-0.2, -0.15) is 4.31 Å². The second kappa shape index (κ2) is 9.48. The van der Waals surface area contributed by atoms with Crippen LogP contribution >= 0.6 is 0 Å². The molecule has 2 aromatic carbocycles. The van der Waals surface area contributed by atoms with Crippen molar-refractivity contribution in [1.29, 1.82) is 0 Å². The summed E-state index contributed by atoms with van der Waals surface area (Å²) in [5.41, 5.74) is 1.95. The number of fused-ring (bicyclic) bond motifs is 1. The first kappa shape index (κ1) is 22.6. The van der Waals surface area contributed by atoms with Gasteiger partial charge >= 0.3 is 0 Å². The maximum Gasteiger partial charge on any atom is 0.252 e. The van der Waals surface area contributed by atoms with E-state index in [2.05, 4.69) is 5.32 Å². The molecule has 8 nitrogen and oxygen atoms in total. The zero-order valence-electron chi connectivity index (χ0n) is 18.3. The first-order chi connectivity index (χ1) is 15.4. The number of nitrogens with one attached hydrogen (secondary N) is 1. The third-order valence-corrected chi connectivity index (χ3v) is 7.64. The summed E-state index contributed by atoms with van der Waals surface area (Å²) in [7, 11) is -3.69. The van der Waals surface area contributed by atoms with Crippen LogP contribution in [0.25, 0.3) is 0 Å². The van der Waals surface area contributed by atoms with Gasteiger partial charge in [0.05, 0.1) is 24.2 Å². The van der Waals surface area contributed by atoms with Gasteiger partial charge in [0.1, 0.15) is 13.2 Å². The third-order valence-electron chi connectivity index (χ3n) is 5.74. The number of ether oxygens (including phenoxy) is 3. The molecule has 2 aliphatic rings. The van der Waals surface area contributed by atoms with Crippen LogP contribution in [0.4, 0.5) is 0 Å². The first-order valence-corrected chi connectivity index (χ1v) is 12.2. The van der Waals surface area contributed by atoms with E-state index in [0.29, 0.717) is 68.6 Å². The van der Waals surface area contributed by atoms with E-state index in [-0.39, 0.29) is 16.8 Å². The molecule has 1 atom stereocenters. The van der Waals surface area contributed by atoms with Gasteiger partial charge in [0.15, 0.2) is 11.5 Å². The van der Waals surface area contributed by atoms with Gasteiger partial charge in [-0.3, -0.25) is 4.79 Å². The molecule has 0 saturated carbocycles. The van der Waals surface area contributed by atoms with Crippen molar-refractivity contribution >= 4 is 15.9 Å². The van der Waals surface area contributed by atoms with Crippen LogP contribution in [-0.4, -0.2) is 58.1 Å². The molecule has 9 heteroatoms. The lowest BCUT2D eigenvalue weighted by molar-refractivity contribution is 0.0730. The summed E-state index contributed by atoms with van der Waals surface area (Å²) in [6.07, 6.45) is 0.663. The molecular weight excluding hydrogens is 432 g/mol. The van der Waals surface area contributed by atoms with E-state index in [1.54, 1.807) is 19.1 Å². The molecule has 1 N–H and O–H groups in total. The third kappa shape index (κ3) is 4.60. The molecule has 0 aliphatic carbocycles. The van der Waals surface area contributed by atoms with Gasteiger partial charge in [-0.1, -0.05) is 19.1 Å². The zero-order valence-corrected chi connectivity index (χ0v) is 19.1. The maximum absolute atomic E-state index is 13.2. The van der Waals surface area contributed by atoms with Crippen molar-refractivity contribution in [2.24, 2.45) is 0 Å². The Morgan fingerprint density at radius 1 is 1.03 bits per heavy atom. The van der Waals surface area contributed by atoms with Crippen molar-refractivity contribution in [3.63, 3.8) is 0 Å². The number of carbonyl (C=O) groups excluding carboxylic acids is 1. The molecule has 0 radical (unpaired) electrons. The Bertz CT molecular complexity index is 1100. The van der Waals surface area contributed by atoms with E-state index in [0.717, 1.165) is 5.56 Å². The number of nitrogens with zero attached hydrogens (tertiary/aromatic N) is 1. The molecule has 2 aliphatic heterocycles. The highest BCUT2D eigenvalue weighted by atomic mass is 32.2. The summed E-state index contributed by atoms with van der Waals surface area (Å²) in [5.74, 6) is 1.04. The minimum Gasteiger partial charge on any atom is -0.486 e. The van der Waals surface area contributed by atoms with Crippen molar-refractivity contribution in [3.05, 3.63) is 53.1 Å². The van der Waals surface area contributed by atoms with Crippen LogP contribution in [-0.2, 0) is 14.8 Å². The lowest BCUT2D eigenvalue weighted by Crippen LogP contribution is -2.40. The number of rotatable bonds is 6. The Morgan fingerprint density at radius 2 is 1.75 bits per heavy atom. The highest BCUT2D eigenvalue weighted by molar-refractivity contribution is 7.89. The van der Waals surface area contributed by atoms with E-state index < -0.39 is 10.0 Å². The fraction of sp³-hybridized carbons (Fsp3) is 0.435. The summed E-state index contributed by atoms with van der Waals surface area (Å²) < 4.78 is 43.9. The quantitative estimate of drug-likeness (QED) is 0.712. The molecule has 0 spiro atoms. The summed E-state index contributed by atoms with van der Waals surface area (Å²) in [6, 6.07) is 10.1. The Balaban J connectivity index is 1.56. The maximum atomic E-state index is 13.2. The molecule has 1 unspecified atom stereocenters. The average molecular weight is 461 g/mol. The van der Waals surface area contributed by atoms with Gasteiger partial charge in [-0.05, 0) is 48.7 Å². The molecule has 0 aromatic heterocycles. The van der Waals surface area contributed by atoms with Crippen LogP contribution in [0.2, 0.25) is 0 Å². The van der Waals surface area contributed by atoms with Crippen molar-refractivity contribution in [2.45, 2.75) is 31.2 Å². The van der Waals surface area contributed by atoms with Crippen LogP contribution in [0.1, 0.15) is 40.9 Å². The van der Waals surface area contributed by atoms with Gasteiger partial charge in [0.2, 0.25) is 10.0 Å². The summed E-state index contributed by atoms with van der Waals surface area (Å²) >= 11 is 0. The summed E-state index contributed by atoms with van der Waals surface area (Å²) in [6.45, 7) is 6.13. The molecule has 2 aromatic rings. The number of sulfonamides is 1. The fourth-order valence-corrected chi connectivity index (χ4v) is 5.31.